The molecule has 0 saturated carbocycles. The number of carboxylic acid groups (broad SMARTS) is 1. The summed E-state index contributed by atoms with van der Waals surface area (Å²) >= 11 is 0. The summed E-state index contributed by atoms with van der Waals surface area (Å²) in [6.45, 7) is 0.597. The van der Waals surface area contributed by atoms with Crippen LogP contribution < -0.4 is 5.43 Å². The van der Waals surface area contributed by atoms with Gasteiger partial charge in [0.05, 0.1) is 5.92 Å². The molecule has 7 heteroatoms. The van der Waals surface area contributed by atoms with Crippen LogP contribution in [0.3, 0.4) is 0 Å². The molecule has 26 heavy (non-hydrogen) atoms. The Morgan fingerprint density at radius 3 is 2.58 bits per heavy atom. The summed E-state index contributed by atoms with van der Waals surface area (Å²) in [5, 5.41) is 9.09. The number of carboxylic acids is 1. The number of piperidine rings is 1. The van der Waals surface area contributed by atoms with Crippen molar-refractivity contribution in [1.29, 1.82) is 0 Å². The summed E-state index contributed by atoms with van der Waals surface area (Å²) in [4.78, 5) is 42.4. The zero-order chi connectivity index (χ0) is 18.3. The van der Waals surface area contributed by atoms with Crippen molar-refractivity contribution >= 4 is 23.0 Å². The summed E-state index contributed by atoms with van der Waals surface area (Å²) in [6, 6.07) is 10.0. The van der Waals surface area contributed by atoms with Gasteiger partial charge in [-0.25, -0.2) is 4.98 Å². The number of rotatable bonds is 2. The minimum Gasteiger partial charge on any atom is -0.481 e. The molecule has 0 spiro atoms. The van der Waals surface area contributed by atoms with Gasteiger partial charge in [0.1, 0.15) is 16.8 Å². The molecule has 1 N–H and O–H groups in total. The first kappa shape index (κ1) is 16.3. The Kier molecular flexibility index (Phi) is 3.91. The number of hydrogen-bond acceptors (Lipinski definition) is 5. The predicted octanol–water partition coefficient (Wildman–Crippen LogP) is 2.23. The molecule has 1 aromatic carbocycles. The average Bonchev–Trinajstić information content (AvgIpc) is 2.66. The Hall–Kier alpha value is -3.22. The number of aliphatic carboxylic acids is 1. The van der Waals surface area contributed by atoms with Gasteiger partial charge in [-0.2, -0.15) is 0 Å². The van der Waals surface area contributed by atoms with Gasteiger partial charge in [0.2, 0.25) is 0 Å². The van der Waals surface area contributed by atoms with E-state index >= 15 is 0 Å². The highest BCUT2D eigenvalue weighted by Crippen LogP contribution is 2.28. The first-order valence-corrected chi connectivity index (χ1v) is 8.39. The number of carbonyl (C=O) groups is 2. The standard InChI is InChI=1S/C19H16N2O5/c22-14-6-5-13-17(26-15-4-2-1-3-12(15)20-13)16(14)18(23)21-9-7-11(8-10-21)19(24)25/h1-6,11H,7-10H2,(H,24,25). The van der Waals surface area contributed by atoms with E-state index in [2.05, 4.69) is 4.98 Å². The molecule has 1 saturated heterocycles. The maximum absolute atomic E-state index is 12.9. The average molecular weight is 352 g/mol. The van der Waals surface area contributed by atoms with Crippen molar-refractivity contribution in [3.63, 3.8) is 0 Å². The van der Waals surface area contributed by atoms with Gasteiger partial charge in [-0.3, -0.25) is 14.4 Å². The van der Waals surface area contributed by atoms with Crippen LogP contribution in [-0.2, 0) is 4.79 Å². The molecule has 7 nitrogen and oxygen atoms in total. The molecule has 1 fully saturated rings. The molecule has 1 aromatic rings. The normalized spacial score (nSPS) is 15.5. The Morgan fingerprint density at radius 2 is 1.85 bits per heavy atom. The molecule has 132 valence electrons. The number of nitrogens with zero attached hydrogens (tertiary/aromatic N) is 2. The third-order valence-electron chi connectivity index (χ3n) is 4.76. The Bertz CT molecular complexity index is 1030. The van der Waals surface area contributed by atoms with Gasteiger partial charge in [0, 0.05) is 13.1 Å². The lowest BCUT2D eigenvalue weighted by molar-refractivity contribution is -0.143. The van der Waals surface area contributed by atoms with Crippen molar-refractivity contribution in [3.05, 3.63) is 52.2 Å². The van der Waals surface area contributed by atoms with Crippen LogP contribution in [0.25, 0.3) is 22.6 Å². The first-order valence-electron chi connectivity index (χ1n) is 8.39. The molecular weight excluding hydrogens is 336 g/mol. The van der Waals surface area contributed by atoms with E-state index in [4.69, 9.17) is 9.52 Å². The number of para-hydroxylation sites is 2. The first-order chi connectivity index (χ1) is 12.5. The number of hydrogen-bond donors (Lipinski definition) is 1. The maximum atomic E-state index is 12.9. The SMILES string of the molecule is O=C(O)C1CCN(C(=O)c2c3oc4ccccc4nc-3ccc2=O)CC1. The lowest BCUT2D eigenvalue weighted by Gasteiger charge is -2.30. The van der Waals surface area contributed by atoms with Gasteiger partial charge < -0.3 is 14.4 Å². The van der Waals surface area contributed by atoms with Crippen LogP contribution in [0.5, 0.6) is 0 Å². The van der Waals surface area contributed by atoms with Crippen LogP contribution >= 0.6 is 0 Å². The predicted molar refractivity (Wildman–Crippen MR) is 93.2 cm³/mol. The van der Waals surface area contributed by atoms with Gasteiger partial charge in [-0.15, -0.1) is 0 Å². The van der Waals surface area contributed by atoms with Crippen LogP contribution in [0.2, 0.25) is 0 Å². The topological polar surface area (TPSA) is 101 Å². The van der Waals surface area contributed by atoms with E-state index < -0.39 is 23.2 Å². The lowest BCUT2D eigenvalue weighted by Crippen LogP contribution is -2.42. The zero-order valence-corrected chi connectivity index (χ0v) is 13.8. The number of likely N-dealkylation sites (tertiary alicyclic amines) is 1. The summed E-state index contributed by atoms with van der Waals surface area (Å²) < 4.78 is 5.83. The van der Waals surface area contributed by atoms with Crippen LogP contribution in [0.4, 0.5) is 0 Å². The minimum atomic E-state index is -0.850. The molecule has 0 bridgehead atoms. The monoisotopic (exact) mass is 352 g/mol. The van der Waals surface area contributed by atoms with E-state index in [9.17, 15) is 14.4 Å². The van der Waals surface area contributed by atoms with Crippen molar-refractivity contribution in [3.8, 4) is 11.5 Å². The van der Waals surface area contributed by atoms with Crippen LogP contribution in [-0.4, -0.2) is 40.0 Å². The van der Waals surface area contributed by atoms with Crippen LogP contribution in [0.15, 0.2) is 45.6 Å². The van der Waals surface area contributed by atoms with Crippen LogP contribution in [0.1, 0.15) is 23.2 Å². The molecule has 0 radical (unpaired) electrons. The van der Waals surface area contributed by atoms with Gasteiger partial charge in [-0.1, -0.05) is 12.1 Å². The molecule has 0 unspecified atom stereocenters. The number of aromatic nitrogens is 1. The van der Waals surface area contributed by atoms with Gasteiger partial charge in [0.15, 0.2) is 16.8 Å². The molecule has 3 aliphatic rings. The molecule has 4 rings (SSSR count). The van der Waals surface area contributed by atoms with E-state index in [-0.39, 0.29) is 11.3 Å². The number of fused-ring (bicyclic) bond motifs is 2. The Labute approximate surface area is 148 Å². The quantitative estimate of drug-likeness (QED) is 0.710. The van der Waals surface area contributed by atoms with Crippen molar-refractivity contribution < 1.29 is 19.1 Å². The van der Waals surface area contributed by atoms with Gasteiger partial charge in [0.25, 0.3) is 5.91 Å². The van der Waals surface area contributed by atoms with Crippen molar-refractivity contribution in [2.75, 3.05) is 13.1 Å². The second-order valence-electron chi connectivity index (χ2n) is 6.37. The third kappa shape index (κ3) is 2.71. The van der Waals surface area contributed by atoms with E-state index in [1.165, 1.54) is 11.0 Å². The Balaban J connectivity index is 1.75. The van der Waals surface area contributed by atoms with E-state index in [1.807, 2.05) is 6.07 Å². The smallest absolute Gasteiger partial charge is 0.306 e. The minimum absolute atomic E-state index is 0.0467. The van der Waals surface area contributed by atoms with Gasteiger partial charge in [-0.05, 0) is 37.1 Å². The second-order valence-corrected chi connectivity index (χ2v) is 6.37. The van der Waals surface area contributed by atoms with Gasteiger partial charge >= 0.3 is 5.97 Å². The fraction of sp³-hybridized carbons (Fsp3) is 0.263. The summed E-state index contributed by atoms with van der Waals surface area (Å²) in [6.07, 6.45) is 0.747. The second kappa shape index (κ2) is 6.25. The van der Waals surface area contributed by atoms with Crippen molar-refractivity contribution in [2.45, 2.75) is 12.8 Å². The largest absolute Gasteiger partial charge is 0.481 e. The highest BCUT2D eigenvalue weighted by molar-refractivity contribution is 6.00. The van der Waals surface area contributed by atoms with Crippen molar-refractivity contribution in [2.24, 2.45) is 5.92 Å². The fourth-order valence-corrected chi connectivity index (χ4v) is 3.31. The Morgan fingerprint density at radius 1 is 1.12 bits per heavy atom. The number of amides is 1. The highest BCUT2D eigenvalue weighted by Gasteiger charge is 2.31. The number of carbonyl (C=O) groups excluding carboxylic acids is 1. The molecule has 2 aliphatic heterocycles. The van der Waals surface area contributed by atoms with Crippen LogP contribution in [0, 0.1) is 5.92 Å². The van der Waals surface area contributed by atoms with E-state index in [0.29, 0.717) is 42.7 Å². The number of benzene rings is 2. The fourth-order valence-electron chi connectivity index (χ4n) is 3.31. The molecule has 1 aliphatic carbocycles. The molecule has 2 heterocycles. The molecular formula is C19H16N2O5. The maximum Gasteiger partial charge on any atom is 0.306 e. The highest BCUT2D eigenvalue weighted by atomic mass is 16.4. The van der Waals surface area contributed by atoms with E-state index in [1.54, 1.807) is 24.3 Å². The summed E-state index contributed by atoms with van der Waals surface area (Å²) in [7, 11) is 0. The lowest BCUT2D eigenvalue weighted by atomic mass is 9.96. The molecule has 0 atom stereocenters. The van der Waals surface area contributed by atoms with E-state index in [0.717, 1.165) is 0 Å². The van der Waals surface area contributed by atoms with Crippen molar-refractivity contribution in [1.82, 2.24) is 9.88 Å². The summed E-state index contributed by atoms with van der Waals surface area (Å²) in [5.74, 6) is -1.57. The molecule has 0 aromatic heterocycles. The molecule has 1 amide bonds. The third-order valence-corrected chi connectivity index (χ3v) is 4.76. The summed E-state index contributed by atoms with van der Waals surface area (Å²) in [5.41, 5.74) is 1.09. The zero-order valence-electron chi connectivity index (χ0n) is 13.8.